The molecule has 1 N–H and O–H groups in total. The Morgan fingerprint density at radius 3 is 2.38 bits per heavy atom. The van der Waals surface area contributed by atoms with Crippen LogP contribution in [0.5, 0.6) is 5.75 Å². The lowest BCUT2D eigenvalue weighted by molar-refractivity contribution is -0.132. The molecule has 0 aliphatic carbocycles. The van der Waals surface area contributed by atoms with Crippen LogP contribution in [-0.2, 0) is 9.59 Å². The quantitative estimate of drug-likeness (QED) is 0.320. The van der Waals surface area contributed by atoms with Crippen LogP contribution >= 0.6 is 11.3 Å². The number of aliphatic hydroxyl groups excluding tert-OH is 1. The van der Waals surface area contributed by atoms with Crippen LogP contribution in [0.2, 0.25) is 0 Å². The standard InChI is InChI=1S/C26H25NO4S/c1-14-11-17(4)25(31-5)19(12-14)23(28)21-22(20-7-6-10-32-20)27(26(30)24(21)29)18-9-8-15(2)16(3)13-18/h6-13,22,28H,1-5H3/b23-21-. The van der Waals surface area contributed by atoms with Gasteiger partial charge in [-0.3, -0.25) is 14.5 Å². The fourth-order valence-corrected chi connectivity index (χ4v) is 5.06. The molecule has 5 nitrogen and oxygen atoms in total. The monoisotopic (exact) mass is 447 g/mol. The van der Waals surface area contributed by atoms with Gasteiger partial charge in [0.1, 0.15) is 17.6 Å². The smallest absolute Gasteiger partial charge is 0.300 e. The molecular weight excluding hydrogens is 422 g/mol. The van der Waals surface area contributed by atoms with Gasteiger partial charge in [-0.1, -0.05) is 18.2 Å². The fraction of sp³-hybridized carbons (Fsp3) is 0.231. The van der Waals surface area contributed by atoms with Gasteiger partial charge in [0.2, 0.25) is 0 Å². The van der Waals surface area contributed by atoms with Crippen molar-refractivity contribution in [2.24, 2.45) is 0 Å². The molecule has 1 aliphatic rings. The van der Waals surface area contributed by atoms with Gasteiger partial charge >= 0.3 is 0 Å². The molecule has 164 valence electrons. The van der Waals surface area contributed by atoms with Crippen molar-refractivity contribution in [2.45, 2.75) is 33.7 Å². The third-order valence-corrected chi connectivity index (χ3v) is 6.83. The third kappa shape index (κ3) is 3.50. The second-order valence-electron chi connectivity index (χ2n) is 8.12. The van der Waals surface area contributed by atoms with E-state index in [-0.39, 0.29) is 11.3 Å². The second kappa shape index (κ2) is 8.28. The van der Waals surface area contributed by atoms with Gasteiger partial charge in [0.05, 0.1) is 18.2 Å². The Hall–Kier alpha value is -3.38. The number of hydrogen-bond donors (Lipinski definition) is 1. The van der Waals surface area contributed by atoms with Crippen molar-refractivity contribution in [1.82, 2.24) is 0 Å². The van der Waals surface area contributed by atoms with Gasteiger partial charge in [0.15, 0.2) is 0 Å². The van der Waals surface area contributed by atoms with Gasteiger partial charge in [-0.15, -0.1) is 11.3 Å². The lowest BCUT2D eigenvalue weighted by Crippen LogP contribution is -2.29. The first-order valence-corrected chi connectivity index (χ1v) is 11.2. The molecule has 32 heavy (non-hydrogen) atoms. The highest BCUT2D eigenvalue weighted by molar-refractivity contribution is 7.10. The van der Waals surface area contributed by atoms with Crippen molar-refractivity contribution < 1.29 is 19.4 Å². The number of aliphatic hydroxyl groups is 1. The minimum Gasteiger partial charge on any atom is -0.507 e. The van der Waals surface area contributed by atoms with Gasteiger partial charge in [-0.2, -0.15) is 0 Å². The van der Waals surface area contributed by atoms with Crippen LogP contribution in [0.1, 0.15) is 38.7 Å². The Balaban J connectivity index is 1.99. The van der Waals surface area contributed by atoms with Crippen LogP contribution in [0, 0.1) is 27.7 Å². The molecule has 1 aliphatic heterocycles. The van der Waals surface area contributed by atoms with E-state index in [1.807, 2.05) is 69.5 Å². The summed E-state index contributed by atoms with van der Waals surface area (Å²) < 4.78 is 5.54. The minimum atomic E-state index is -0.720. The van der Waals surface area contributed by atoms with E-state index in [1.54, 1.807) is 6.07 Å². The van der Waals surface area contributed by atoms with E-state index in [2.05, 4.69) is 0 Å². The molecule has 1 amide bonds. The molecule has 2 heterocycles. The number of benzene rings is 2. The SMILES string of the molecule is COc1c(C)cc(C)cc1/C(O)=C1/C(=O)C(=O)N(c2ccc(C)c(C)c2)C1c1cccs1. The number of rotatable bonds is 4. The zero-order valence-corrected chi connectivity index (χ0v) is 19.5. The Morgan fingerprint density at radius 1 is 1.00 bits per heavy atom. The Kier molecular flexibility index (Phi) is 5.65. The van der Waals surface area contributed by atoms with Crippen molar-refractivity contribution in [2.75, 3.05) is 12.0 Å². The summed E-state index contributed by atoms with van der Waals surface area (Å²) >= 11 is 1.44. The third-order valence-electron chi connectivity index (χ3n) is 5.90. The highest BCUT2D eigenvalue weighted by Gasteiger charge is 2.47. The summed E-state index contributed by atoms with van der Waals surface area (Å²) in [5.41, 5.74) is 4.97. The van der Waals surface area contributed by atoms with Gasteiger partial charge in [0, 0.05) is 10.6 Å². The summed E-state index contributed by atoms with van der Waals surface area (Å²) in [6, 6.07) is 12.4. The number of ketones is 1. The van der Waals surface area contributed by atoms with E-state index in [0.29, 0.717) is 17.0 Å². The van der Waals surface area contributed by atoms with E-state index in [4.69, 9.17) is 4.74 Å². The molecular formula is C26H25NO4S. The highest BCUT2D eigenvalue weighted by atomic mass is 32.1. The molecule has 3 aromatic rings. The number of anilines is 1. The highest BCUT2D eigenvalue weighted by Crippen LogP contribution is 2.45. The van der Waals surface area contributed by atoms with Crippen LogP contribution in [0.3, 0.4) is 0 Å². The molecule has 1 aromatic heterocycles. The van der Waals surface area contributed by atoms with E-state index in [1.165, 1.54) is 23.3 Å². The first kappa shape index (κ1) is 21.8. The van der Waals surface area contributed by atoms with Crippen molar-refractivity contribution in [1.29, 1.82) is 0 Å². The number of ether oxygens (including phenoxy) is 1. The average Bonchev–Trinajstić information content (AvgIpc) is 3.36. The molecule has 4 rings (SSSR count). The van der Waals surface area contributed by atoms with E-state index in [0.717, 1.165) is 27.1 Å². The summed E-state index contributed by atoms with van der Waals surface area (Å²) in [6.45, 7) is 7.76. The number of Topliss-reactive ketones (excluding diaryl/α,β-unsaturated/α-hetero) is 1. The zero-order valence-electron chi connectivity index (χ0n) is 18.7. The molecule has 0 bridgehead atoms. The Labute approximate surface area is 191 Å². The zero-order chi connectivity index (χ0) is 23.2. The summed E-state index contributed by atoms with van der Waals surface area (Å²) in [5.74, 6) is -1.11. The predicted molar refractivity (Wildman–Crippen MR) is 127 cm³/mol. The van der Waals surface area contributed by atoms with Gasteiger partial charge in [-0.05, 0) is 79.6 Å². The summed E-state index contributed by atoms with van der Waals surface area (Å²) in [5, 5.41) is 13.3. The molecule has 1 atom stereocenters. The number of amides is 1. The van der Waals surface area contributed by atoms with Crippen LogP contribution in [0.25, 0.3) is 5.76 Å². The second-order valence-corrected chi connectivity index (χ2v) is 9.09. The van der Waals surface area contributed by atoms with Gasteiger partial charge in [-0.25, -0.2) is 0 Å². The lowest BCUT2D eigenvalue weighted by atomic mass is 9.96. The topological polar surface area (TPSA) is 66.8 Å². The molecule has 0 radical (unpaired) electrons. The molecule has 1 saturated heterocycles. The summed E-state index contributed by atoms with van der Waals surface area (Å²) in [7, 11) is 1.53. The number of aryl methyl sites for hydroxylation is 4. The molecule has 2 aromatic carbocycles. The number of methoxy groups -OCH3 is 1. The lowest BCUT2D eigenvalue weighted by Gasteiger charge is -2.25. The normalized spacial score (nSPS) is 17.8. The maximum Gasteiger partial charge on any atom is 0.300 e. The fourth-order valence-electron chi connectivity index (χ4n) is 4.24. The first-order chi connectivity index (χ1) is 15.2. The minimum absolute atomic E-state index is 0.0685. The van der Waals surface area contributed by atoms with Crippen LogP contribution in [0.4, 0.5) is 5.69 Å². The predicted octanol–water partition coefficient (Wildman–Crippen LogP) is 5.62. The number of hydrogen-bond acceptors (Lipinski definition) is 5. The molecule has 0 saturated carbocycles. The summed E-state index contributed by atoms with van der Waals surface area (Å²) in [4.78, 5) is 28.8. The largest absolute Gasteiger partial charge is 0.507 e. The van der Waals surface area contributed by atoms with Crippen LogP contribution < -0.4 is 9.64 Å². The Bertz CT molecular complexity index is 1260. The van der Waals surface area contributed by atoms with E-state index in [9.17, 15) is 14.7 Å². The molecule has 1 unspecified atom stereocenters. The first-order valence-electron chi connectivity index (χ1n) is 10.3. The van der Waals surface area contributed by atoms with Crippen molar-refractivity contribution in [3.63, 3.8) is 0 Å². The summed E-state index contributed by atoms with van der Waals surface area (Å²) in [6.07, 6.45) is 0. The number of thiophene rings is 1. The average molecular weight is 448 g/mol. The maximum absolute atomic E-state index is 13.3. The van der Waals surface area contributed by atoms with Crippen LogP contribution in [0.15, 0.2) is 53.4 Å². The molecule has 0 spiro atoms. The van der Waals surface area contributed by atoms with Crippen molar-refractivity contribution in [3.8, 4) is 5.75 Å². The molecule has 1 fully saturated rings. The van der Waals surface area contributed by atoms with Crippen molar-refractivity contribution in [3.05, 3.63) is 86.1 Å². The van der Waals surface area contributed by atoms with Crippen molar-refractivity contribution >= 4 is 34.5 Å². The van der Waals surface area contributed by atoms with E-state index >= 15 is 0 Å². The maximum atomic E-state index is 13.3. The van der Waals surface area contributed by atoms with Crippen LogP contribution in [-0.4, -0.2) is 23.9 Å². The van der Waals surface area contributed by atoms with E-state index < -0.39 is 17.7 Å². The number of carbonyl (C=O) groups is 2. The Morgan fingerprint density at radius 2 is 1.75 bits per heavy atom. The number of carbonyl (C=O) groups excluding carboxylic acids is 2. The van der Waals surface area contributed by atoms with Gasteiger partial charge < -0.3 is 9.84 Å². The molecule has 6 heteroatoms. The number of nitrogens with zero attached hydrogens (tertiary/aromatic N) is 1. The van der Waals surface area contributed by atoms with Gasteiger partial charge in [0.25, 0.3) is 11.7 Å².